The fourth-order valence-corrected chi connectivity index (χ4v) is 1.84. The molecule has 0 saturated heterocycles. The maximum Gasteiger partial charge on any atom is 0.137 e. The molecule has 1 aromatic heterocycles. The third-order valence-corrected chi connectivity index (χ3v) is 3.04. The standard InChI is InChI=1S/C16H21N3O/c1-19(2)10-11-20-14-8-9-15(18-12-14)16(17)13-6-4-3-5-7-13/h3-9,12,16H,10-11,17H2,1-2H3/t16-/m1/s1. The van der Waals surface area contributed by atoms with Crippen LogP contribution in [0.2, 0.25) is 0 Å². The van der Waals surface area contributed by atoms with Gasteiger partial charge in [0.2, 0.25) is 0 Å². The summed E-state index contributed by atoms with van der Waals surface area (Å²) in [5, 5.41) is 0. The van der Waals surface area contributed by atoms with Crippen molar-refractivity contribution in [3.8, 4) is 5.75 Å². The zero-order chi connectivity index (χ0) is 14.4. The van der Waals surface area contributed by atoms with Crippen molar-refractivity contribution in [1.29, 1.82) is 0 Å². The summed E-state index contributed by atoms with van der Waals surface area (Å²) in [4.78, 5) is 6.47. The Kier molecular flexibility index (Phi) is 5.09. The molecule has 0 unspecified atom stereocenters. The molecule has 2 rings (SSSR count). The van der Waals surface area contributed by atoms with Crippen molar-refractivity contribution in [1.82, 2.24) is 9.88 Å². The number of hydrogen-bond acceptors (Lipinski definition) is 4. The van der Waals surface area contributed by atoms with Crippen molar-refractivity contribution in [2.24, 2.45) is 5.73 Å². The predicted molar refractivity (Wildman–Crippen MR) is 80.8 cm³/mol. The lowest BCUT2D eigenvalue weighted by Gasteiger charge is -2.13. The largest absolute Gasteiger partial charge is 0.491 e. The molecular weight excluding hydrogens is 250 g/mol. The molecule has 0 amide bonds. The number of nitrogens with two attached hydrogens (primary N) is 1. The number of benzene rings is 1. The van der Waals surface area contributed by atoms with E-state index in [-0.39, 0.29) is 6.04 Å². The minimum atomic E-state index is -0.202. The Morgan fingerprint density at radius 2 is 1.90 bits per heavy atom. The summed E-state index contributed by atoms with van der Waals surface area (Å²) >= 11 is 0. The van der Waals surface area contributed by atoms with Crippen LogP contribution in [0.25, 0.3) is 0 Å². The van der Waals surface area contributed by atoms with E-state index >= 15 is 0 Å². The molecule has 4 heteroatoms. The molecule has 2 N–H and O–H groups in total. The molecule has 0 fully saturated rings. The van der Waals surface area contributed by atoms with E-state index in [9.17, 15) is 0 Å². The van der Waals surface area contributed by atoms with Gasteiger partial charge in [-0.2, -0.15) is 0 Å². The minimum absolute atomic E-state index is 0.202. The Morgan fingerprint density at radius 3 is 2.50 bits per heavy atom. The second-order valence-corrected chi connectivity index (χ2v) is 4.96. The van der Waals surface area contributed by atoms with E-state index in [4.69, 9.17) is 10.5 Å². The Bertz CT molecular complexity index is 511. The van der Waals surface area contributed by atoms with Gasteiger partial charge in [-0.15, -0.1) is 0 Å². The molecule has 4 nitrogen and oxygen atoms in total. The molecule has 0 radical (unpaired) electrons. The highest BCUT2D eigenvalue weighted by molar-refractivity contribution is 5.29. The quantitative estimate of drug-likeness (QED) is 0.874. The van der Waals surface area contributed by atoms with E-state index in [0.29, 0.717) is 6.61 Å². The van der Waals surface area contributed by atoms with Crippen molar-refractivity contribution < 1.29 is 4.74 Å². The molecule has 0 spiro atoms. The maximum atomic E-state index is 6.20. The van der Waals surface area contributed by atoms with Crippen LogP contribution in [0, 0.1) is 0 Å². The van der Waals surface area contributed by atoms with Gasteiger partial charge in [0.25, 0.3) is 0 Å². The molecule has 20 heavy (non-hydrogen) atoms. The Hall–Kier alpha value is -1.91. The average molecular weight is 271 g/mol. The summed E-state index contributed by atoms with van der Waals surface area (Å²) in [6, 6.07) is 13.6. The summed E-state index contributed by atoms with van der Waals surface area (Å²) in [5.74, 6) is 0.774. The van der Waals surface area contributed by atoms with Crippen LogP contribution in [0.4, 0.5) is 0 Å². The van der Waals surface area contributed by atoms with Gasteiger partial charge in [0, 0.05) is 6.54 Å². The van der Waals surface area contributed by atoms with E-state index in [0.717, 1.165) is 23.6 Å². The average Bonchev–Trinajstić information content (AvgIpc) is 2.48. The zero-order valence-corrected chi connectivity index (χ0v) is 12.0. The first-order chi connectivity index (χ1) is 9.66. The van der Waals surface area contributed by atoms with Crippen LogP contribution in [-0.4, -0.2) is 37.1 Å². The number of pyridine rings is 1. The normalized spacial score (nSPS) is 12.4. The van der Waals surface area contributed by atoms with Crippen LogP contribution in [0.5, 0.6) is 5.75 Å². The van der Waals surface area contributed by atoms with Crippen molar-refractivity contribution in [3.63, 3.8) is 0 Å². The molecule has 106 valence electrons. The second kappa shape index (κ2) is 7.03. The zero-order valence-electron chi connectivity index (χ0n) is 12.0. The van der Waals surface area contributed by atoms with Crippen LogP contribution in [-0.2, 0) is 0 Å². The van der Waals surface area contributed by atoms with Gasteiger partial charge in [0.05, 0.1) is 17.9 Å². The van der Waals surface area contributed by atoms with Crippen LogP contribution < -0.4 is 10.5 Å². The highest BCUT2D eigenvalue weighted by Crippen LogP contribution is 2.19. The van der Waals surface area contributed by atoms with Crippen LogP contribution in [0.1, 0.15) is 17.3 Å². The molecule has 0 bridgehead atoms. The van der Waals surface area contributed by atoms with Crippen molar-refractivity contribution in [2.75, 3.05) is 27.2 Å². The van der Waals surface area contributed by atoms with Crippen LogP contribution >= 0.6 is 0 Å². The summed E-state index contributed by atoms with van der Waals surface area (Å²) in [6.45, 7) is 1.53. The summed E-state index contributed by atoms with van der Waals surface area (Å²) < 4.78 is 5.61. The molecule has 1 atom stereocenters. The van der Waals surface area contributed by atoms with Gasteiger partial charge in [-0.1, -0.05) is 30.3 Å². The third-order valence-electron chi connectivity index (χ3n) is 3.04. The van der Waals surface area contributed by atoms with Crippen LogP contribution in [0.15, 0.2) is 48.7 Å². The smallest absolute Gasteiger partial charge is 0.137 e. The summed E-state index contributed by atoms with van der Waals surface area (Å²) in [6.07, 6.45) is 1.73. The van der Waals surface area contributed by atoms with Gasteiger partial charge in [-0.05, 0) is 31.8 Å². The second-order valence-electron chi connectivity index (χ2n) is 4.96. The van der Waals surface area contributed by atoms with Gasteiger partial charge in [-0.3, -0.25) is 4.98 Å². The molecule has 1 heterocycles. The topological polar surface area (TPSA) is 51.4 Å². The number of aromatic nitrogens is 1. The Balaban J connectivity index is 1.97. The summed E-state index contributed by atoms with van der Waals surface area (Å²) in [5.41, 5.74) is 8.10. The van der Waals surface area contributed by atoms with Crippen LogP contribution in [0.3, 0.4) is 0 Å². The first kappa shape index (κ1) is 14.5. The van der Waals surface area contributed by atoms with Crippen molar-refractivity contribution >= 4 is 0 Å². The van der Waals surface area contributed by atoms with Crippen molar-refractivity contribution in [3.05, 3.63) is 59.9 Å². The predicted octanol–water partition coefficient (Wildman–Crippen LogP) is 2.07. The van der Waals surface area contributed by atoms with Crippen molar-refractivity contribution in [2.45, 2.75) is 6.04 Å². The Labute approximate surface area is 120 Å². The SMILES string of the molecule is CN(C)CCOc1ccc([C@H](N)c2ccccc2)nc1. The number of hydrogen-bond donors (Lipinski definition) is 1. The summed E-state index contributed by atoms with van der Waals surface area (Å²) in [7, 11) is 4.03. The van der Waals surface area contributed by atoms with E-state index in [1.54, 1.807) is 6.20 Å². The lowest BCUT2D eigenvalue weighted by atomic mass is 10.0. The first-order valence-electron chi connectivity index (χ1n) is 6.71. The fraction of sp³-hybridized carbons (Fsp3) is 0.312. The Morgan fingerprint density at radius 1 is 1.15 bits per heavy atom. The highest BCUT2D eigenvalue weighted by atomic mass is 16.5. The molecule has 1 aromatic carbocycles. The number of rotatable bonds is 6. The first-order valence-corrected chi connectivity index (χ1v) is 6.71. The highest BCUT2D eigenvalue weighted by Gasteiger charge is 2.09. The lowest BCUT2D eigenvalue weighted by molar-refractivity contribution is 0.260. The third kappa shape index (κ3) is 4.05. The van der Waals surface area contributed by atoms with E-state index in [1.165, 1.54) is 0 Å². The van der Waals surface area contributed by atoms with E-state index in [1.807, 2.05) is 56.6 Å². The molecule has 0 aliphatic rings. The van der Waals surface area contributed by atoms with Gasteiger partial charge in [-0.25, -0.2) is 0 Å². The van der Waals surface area contributed by atoms with E-state index in [2.05, 4.69) is 9.88 Å². The number of nitrogens with zero attached hydrogens (tertiary/aromatic N) is 2. The molecule has 0 aliphatic heterocycles. The van der Waals surface area contributed by atoms with Gasteiger partial charge < -0.3 is 15.4 Å². The lowest BCUT2D eigenvalue weighted by Crippen LogP contribution is -2.19. The monoisotopic (exact) mass is 271 g/mol. The minimum Gasteiger partial charge on any atom is -0.491 e. The van der Waals surface area contributed by atoms with E-state index < -0.39 is 0 Å². The maximum absolute atomic E-state index is 6.20. The van der Waals surface area contributed by atoms with Gasteiger partial charge >= 0.3 is 0 Å². The van der Waals surface area contributed by atoms with Gasteiger partial charge in [0.1, 0.15) is 12.4 Å². The number of ether oxygens (including phenoxy) is 1. The molecule has 0 aliphatic carbocycles. The fourth-order valence-electron chi connectivity index (χ4n) is 1.84. The number of likely N-dealkylation sites (N-methyl/N-ethyl adjacent to an activating group) is 1. The molecule has 2 aromatic rings. The molecular formula is C16H21N3O. The van der Waals surface area contributed by atoms with Gasteiger partial charge in [0.15, 0.2) is 0 Å². The molecule has 0 saturated carbocycles.